The zero-order chi connectivity index (χ0) is 16.1. The van der Waals surface area contributed by atoms with Gasteiger partial charge in [-0.15, -0.1) is 0 Å². The molecular formula is C16H24N6O. The van der Waals surface area contributed by atoms with Gasteiger partial charge in [-0.1, -0.05) is 6.92 Å². The van der Waals surface area contributed by atoms with Crippen molar-refractivity contribution in [2.75, 3.05) is 19.6 Å². The van der Waals surface area contributed by atoms with E-state index in [2.05, 4.69) is 27.5 Å². The van der Waals surface area contributed by atoms with Crippen LogP contribution in [0.15, 0.2) is 30.7 Å². The molecule has 0 aliphatic carbocycles. The van der Waals surface area contributed by atoms with Gasteiger partial charge in [0, 0.05) is 56.4 Å². The lowest BCUT2D eigenvalue weighted by Crippen LogP contribution is -2.45. The number of H-pyrrole nitrogens is 1. The monoisotopic (exact) mass is 316 g/mol. The summed E-state index contributed by atoms with van der Waals surface area (Å²) in [6, 6.07) is 3.98. The number of aromatic nitrogens is 4. The lowest BCUT2D eigenvalue weighted by Gasteiger charge is -2.31. The fraction of sp³-hybridized carbons (Fsp3) is 0.562. The molecule has 0 radical (unpaired) electrons. The van der Waals surface area contributed by atoms with Gasteiger partial charge >= 0.3 is 6.03 Å². The number of nitrogens with one attached hydrogen (secondary N) is 2. The first kappa shape index (κ1) is 15.6. The Labute approximate surface area is 136 Å². The maximum Gasteiger partial charge on any atom is 0.317 e. The molecule has 1 atom stereocenters. The smallest absolute Gasteiger partial charge is 0.317 e. The Kier molecular flexibility index (Phi) is 4.95. The standard InChI is InChI=1S/C16H24N6O/c1-13(12-22-8-2-6-19-22)11-17-16(23)21-9-4-14(5-10-21)15-3-7-18-20-15/h2-3,6-8,13-14H,4-5,9-12H2,1H3,(H,17,23)(H,18,20)/t13-/m1/s1. The predicted molar refractivity (Wildman–Crippen MR) is 86.9 cm³/mol. The minimum Gasteiger partial charge on any atom is -0.338 e. The fourth-order valence-electron chi connectivity index (χ4n) is 3.05. The average molecular weight is 316 g/mol. The molecule has 0 saturated carbocycles. The molecule has 2 aromatic rings. The molecule has 0 aromatic carbocycles. The van der Waals surface area contributed by atoms with Crippen molar-refractivity contribution in [1.29, 1.82) is 0 Å². The summed E-state index contributed by atoms with van der Waals surface area (Å²) < 4.78 is 1.90. The van der Waals surface area contributed by atoms with Crippen molar-refractivity contribution >= 4 is 6.03 Å². The van der Waals surface area contributed by atoms with Crippen molar-refractivity contribution in [1.82, 2.24) is 30.2 Å². The van der Waals surface area contributed by atoms with E-state index in [0.29, 0.717) is 18.4 Å². The molecular weight excluding hydrogens is 292 g/mol. The highest BCUT2D eigenvalue weighted by Gasteiger charge is 2.24. The number of carbonyl (C=O) groups excluding carboxylic acids is 1. The second-order valence-electron chi connectivity index (χ2n) is 6.29. The van der Waals surface area contributed by atoms with Gasteiger partial charge in [-0.05, 0) is 30.9 Å². The molecule has 124 valence electrons. The Bertz CT molecular complexity index is 586. The molecule has 1 aliphatic rings. The zero-order valence-electron chi connectivity index (χ0n) is 13.5. The van der Waals surface area contributed by atoms with Gasteiger partial charge in [0.15, 0.2) is 0 Å². The number of rotatable bonds is 5. The van der Waals surface area contributed by atoms with Crippen molar-refractivity contribution in [2.45, 2.75) is 32.2 Å². The second kappa shape index (κ2) is 7.30. The molecule has 3 heterocycles. The van der Waals surface area contributed by atoms with Gasteiger partial charge in [0.25, 0.3) is 0 Å². The highest BCUT2D eigenvalue weighted by Crippen LogP contribution is 2.26. The third kappa shape index (κ3) is 4.12. The number of hydrogen-bond acceptors (Lipinski definition) is 3. The number of amides is 2. The molecule has 2 aromatic heterocycles. The number of urea groups is 1. The molecule has 0 bridgehead atoms. The fourth-order valence-corrected chi connectivity index (χ4v) is 3.05. The van der Waals surface area contributed by atoms with Crippen LogP contribution >= 0.6 is 0 Å². The van der Waals surface area contributed by atoms with Gasteiger partial charge in [-0.25, -0.2) is 4.79 Å². The Balaban J connectivity index is 1.39. The van der Waals surface area contributed by atoms with Crippen LogP contribution in [-0.4, -0.2) is 50.5 Å². The summed E-state index contributed by atoms with van der Waals surface area (Å²) in [6.07, 6.45) is 7.47. The summed E-state index contributed by atoms with van der Waals surface area (Å²) in [5, 5.41) is 14.3. The number of piperidine rings is 1. The normalized spacial score (nSPS) is 17.2. The summed E-state index contributed by atoms with van der Waals surface area (Å²) in [7, 11) is 0. The van der Waals surface area contributed by atoms with E-state index in [-0.39, 0.29) is 6.03 Å². The van der Waals surface area contributed by atoms with Gasteiger partial charge in [0.1, 0.15) is 0 Å². The van der Waals surface area contributed by atoms with Crippen molar-refractivity contribution in [3.63, 3.8) is 0 Å². The molecule has 23 heavy (non-hydrogen) atoms. The largest absolute Gasteiger partial charge is 0.338 e. The van der Waals surface area contributed by atoms with E-state index in [9.17, 15) is 4.79 Å². The second-order valence-corrected chi connectivity index (χ2v) is 6.29. The number of likely N-dealkylation sites (tertiary alicyclic amines) is 1. The SMILES string of the molecule is C[C@H](CNC(=O)N1CCC(c2ccn[nH]2)CC1)Cn1cccn1. The Morgan fingerprint density at radius 3 is 2.91 bits per heavy atom. The summed E-state index contributed by atoms with van der Waals surface area (Å²) in [4.78, 5) is 14.2. The van der Waals surface area contributed by atoms with Gasteiger partial charge in [0.05, 0.1) is 0 Å². The first-order valence-corrected chi connectivity index (χ1v) is 8.22. The van der Waals surface area contributed by atoms with Crippen LogP contribution in [0.3, 0.4) is 0 Å². The number of hydrogen-bond donors (Lipinski definition) is 2. The molecule has 7 nitrogen and oxygen atoms in total. The van der Waals surface area contributed by atoms with Gasteiger partial charge < -0.3 is 10.2 Å². The van der Waals surface area contributed by atoms with Crippen LogP contribution < -0.4 is 5.32 Å². The lowest BCUT2D eigenvalue weighted by atomic mass is 9.94. The summed E-state index contributed by atoms with van der Waals surface area (Å²) in [5.74, 6) is 0.835. The lowest BCUT2D eigenvalue weighted by molar-refractivity contribution is 0.179. The molecule has 0 unspecified atom stereocenters. The van der Waals surface area contributed by atoms with Crippen LogP contribution in [0.4, 0.5) is 4.79 Å². The van der Waals surface area contributed by atoms with Crippen LogP contribution in [0.2, 0.25) is 0 Å². The number of nitrogens with zero attached hydrogens (tertiary/aromatic N) is 4. The zero-order valence-corrected chi connectivity index (χ0v) is 13.5. The van der Waals surface area contributed by atoms with E-state index in [1.165, 1.54) is 5.69 Å². The van der Waals surface area contributed by atoms with Gasteiger partial charge in [-0.3, -0.25) is 9.78 Å². The molecule has 7 heteroatoms. The highest BCUT2D eigenvalue weighted by molar-refractivity contribution is 5.74. The Morgan fingerprint density at radius 1 is 1.43 bits per heavy atom. The summed E-state index contributed by atoms with van der Waals surface area (Å²) in [6.45, 7) is 5.19. The van der Waals surface area contributed by atoms with E-state index >= 15 is 0 Å². The third-order valence-electron chi connectivity index (χ3n) is 4.40. The number of aromatic amines is 1. The van der Waals surface area contributed by atoms with Crippen LogP contribution in [0.5, 0.6) is 0 Å². The maximum absolute atomic E-state index is 12.3. The third-order valence-corrected chi connectivity index (χ3v) is 4.40. The summed E-state index contributed by atoms with van der Waals surface area (Å²) >= 11 is 0. The van der Waals surface area contributed by atoms with Gasteiger partial charge in [0.2, 0.25) is 0 Å². The average Bonchev–Trinajstić information content (AvgIpc) is 3.26. The first-order valence-electron chi connectivity index (χ1n) is 8.22. The topological polar surface area (TPSA) is 78.8 Å². The minimum atomic E-state index is 0.0420. The van der Waals surface area contributed by atoms with Crippen molar-refractivity contribution < 1.29 is 4.79 Å². The molecule has 2 N–H and O–H groups in total. The molecule has 1 saturated heterocycles. The van der Waals surface area contributed by atoms with Crippen LogP contribution in [-0.2, 0) is 6.54 Å². The van der Waals surface area contributed by atoms with E-state index in [0.717, 1.165) is 32.5 Å². The highest BCUT2D eigenvalue weighted by atomic mass is 16.2. The van der Waals surface area contributed by atoms with Crippen molar-refractivity contribution in [2.24, 2.45) is 5.92 Å². The van der Waals surface area contributed by atoms with E-state index in [1.807, 2.05) is 27.9 Å². The molecule has 2 amide bonds. The first-order chi connectivity index (χ1) is 11.2. The van der Waals surface area contributed by atoms with Crippen LogP contribution in [0, 0.1) is 5.92 Å². The van der Waals surface area contributed by atoms with Gasteiger partial charge in [-0.2, -0.15) is 10.2 Å². The molecule has 3 rings (SSSR count). The van der Waals surface area contributed by atoms with Crippen LogP contribution in [0.1, 0.15) is 31.4 Å². The summed E-state index contributed by atoms with van der Waals surface area (Å²) in [5.41, 5.74) is 1.18. The van der Waals surface area contributed by atoms with E-state index in [4.69, 9.17) is 0 Å². The Morgan fingerprint density at radius 2 is 2.26 bits per heavy atom. The predicted octanol–water partition coefficient (Wildman–Crippen LogP) is 1.83. The maximum atomic E-state index is 12.3. The van der Waals surface area contributed by atoms with Crippen molar-refractivity contribution in [3.8, 4) is 0 Å². The van der Waals surface area contributed by atoms with Crippen molar-refractivity contribution in [3.05, 3.63) is 36.4 Å². The molecule has 1 fully saturated rings. The Hall–Kier alpha value is -2.31. The molecule has 0 spiro atoms. The van der Waals surface area contributed by atoms with E-state index in [1.54, 1.807) is 12.4 Å². The van der Waals surface area contributed by atoms with Crippen LogP contribution in [0.25, 0.3) is 0 Å². The minimum absolute atomic E-state index is 0.0420. The number of carbonyl (C=O) groups is 1. The quantitative estimate of drug-likeness (QED) is 0.883. The van der Waals surface area contributed by atoms with E-state index < -0.39 is 0 Å². The molecule has 1 aliphatic heterocycles.